The highest BCUT2D eigenvalue weighted by Gasteiger charge is 2.41. The number of hydrogen-bond acceptors (Lipinski definition) is 4. The molecule has 0 aromatic heterocycles. The third-order valence-corrected chi connectivity index (χ3v) is 4.44. The Bertz CT molecular complexity index is 405. The summed E-state index contributed by atoms with van der Waals surface area (Å²) in [6.45, 7) is 1.69. The zero-order chi connectivity index (χ0) is 16.0. The number of rotatable bonds is 5. The minimum atomic E-state index is -0.859. The largest absolute Gasteiger partial charge is 0.481 e. The maximum Gasteiger partial charge on any atom is 0.321 e. The molecule has 0 aliphatic heterocycles. The van der Waals surface area contributed by atoms with Crippen molar-refractivity contribution < 1.29 is 19.5 Å². The van der Waals surface area contributed by atoms with E-state index in [0.717, 1.165) is 32.1 Å². The lowest BCUT2D eigenvalue weighted by Crippen LogP contribution is -2.58. The van der Waals surface area contributed by atoms with Crippen LogP contribution in [0.25, 0.3) is 0 Å². The van der Waals surface area contributed by atoms with Crippen LogP contribution in [0, 0.1) is 0 Å². The summed E-state index contributed by atoms with van der Waals surface area (Å²) in [6.07, 6.45) is 4.54. The molecule has 0 heterocycles. The van der Waals surface area contributed by atoms with Crippen molar-refractivity contribution in [1.82, 2.24) is 15.5 Å². The summed E-state index contributed by atoms with van der Waals surface area (Å²) in [5, 5.41) is 13.8. The fourth-order valence-electron chi connectivity index (χ4n) is 3.01. The highest BCUT2D eigenvalue weighted by atomic mass is 16.4. The Morgan fingerprint density at radius 2 is 1.81 bits per heavy atom. The van der Waals surface area contributed by atoms with E-state index in [4.69, 9.17) is 0 Å². The molecule has 7 heteroatoms. The molecule has 0 saturated heterocycles. The third kappa shape index (κ3) is 4.42. The zero-order valence-corrected chi connectivity index (χ0v) is 12.9. The zero-order valence-electron chi connectivity index (χ0n) is 12.9. The standard InChI is InChI=1S/C14H25N3O4/c1-10(12(20)16-13(21)15-2)17(3)14(9-11(18)19)7-5-4-6-8-14/h10H,4-9H2,1-3H3,(H,18,19)(H2,15,16,20,21). The average Bonchev–Trinajstić information content (AvgIpc) is 2.45. The summed E-state index contributed by atoms with van der Waals surface area (Å²) in [5.74, 6) is -1.28. The van der Waals surface area contributed by atoms with E-state index < -0.39 is 29.5 Å². The smallest absolute Gasteiger partial charge is 0.321 e. The highest BCUT2D eigenvalue weighted by molar-refractivity contribution is 5.96. The summed E-state index contributed by atoms with van der Waals surface area (Å²) in [7, 11) is 3.20. The summed E-state index contributed by atoms with van der Waals surface area (Å²) in [4.78, 5) is 36.3. The normalized spacial score (nSPS) is 18.9. The van der Waals surface area contributed by atoms with Crippen molar-refractivity contribution in [1.29, 1.82) is 0 Å². The Balaban J connectivity index is 2.83. The van der Waals surface area contributed by atoms with Crippen molar-refractivity contribution in [3.05, 3.63) is 0 Å². The third-order valence-electron chi connectivity index (χ3n) is 4.44. The number of imide groups is 1. The summed E-state index contributed by atoms with van der Waals surface area (Å²) in [5.41, 5.74) is -0.510. The lowest BCUT2D eigenvalue weighted by Gasteiger charge is -2.46. The van der Waals surface area contributed by atoms with Crippen molar-refractivity contribution in [2.24, 2.45) is 0 Å². The van der Waals surface area contributed by atoms with Gasteiger partial charge in [0, 0.05) is 12.6 Å². The molecule has 120 valence electrons. The number of urea groups is 1. The maximum atomic E-state index is 12.1. The van der Waals surface area contributed by atoms with Gasteiger partial charge in [-0.1, -0.05) is 19.3 Å². The van der Waals surface area contributed by atoms with E-state index in [1.807, 2.05) is 4.90 Å². The number of likely N-dealkylation sites (N-methyl/N-ethyl adjacent to an activating group) is 1. The first kappa shape index (κ1) is 17.4. The summed E-state index contributed by atoms with van der Waals surface area (Å²) >= 11 is 0. The molecule has 1 atom stereocenters. The molecule has 1 aliphatic rings. The second kappa shape index (κ2) is 7.40. The first-order valence-corrected chi connectivity index (χ1v) is 7.30. The van der Waals surface area contributed by atoms with Crippen LogP contribution < -0.4 is 10.6 Å². The number of carbonyl (C=O) groups excluding carboxylic acids is 2. The van der Waals surface area contributed by atoms with Gasteiger partial charge in [-0.3, -0.25) is 19.8 Å². The molecule has 3 N–H and O–H groups in total. The minimum absolute atomic E-state index is 0.0150. The molecule has 1 rings (SSSR count). The highest BCUT2D eigenvalue weighted by Crippen LogP contribution is 2.36. The van der Waals surface area contributed by atoms with Gasteiger partial charge in [0.25, 0.3) is 0 Å². The fraction of sp³-hybridized carbons (Fsp3) is 0.786. The Labute approximate surface area is 125 Å². The SMILES string of the molecule is CNC(=O)NC(=O)C(C)N(C)C1(CC(=O)O)CCCCC1. The van der Waals surface area contributed by atoms with Gasteiger partial charge < -0.3 is 10.4 Å². The minimum Gasteiger partial charge on any atom is -0.481 e. The fourth-order valence-corrected chi connectivity index (χ4v) is 3.01. The number of carbonyl (C=O) groups is 3. The summed E-state index contributed by atoms with van der Waals surface area (Å²) in [6, 6.07) is -1.13. The Morgan fingerprint density at radius 1 is 1.24 bits per heavy atom. The Hall–Kier alpha value is -1.63. The maximum absolute atomic E-state index is 12.1. The van der Waals surface area contributed by atoms with Crippen LogP contribution in [0.5, 0.6) is 0 Å². The van der Waals surface area contributed by atoms with Crippen LogP contribution in [0.1, 0.15) is 45.4 Å². The number of carboxylic acid groups (broad SMARTS) is 1. The first-order valence-electron chi connectivity index (χ1n) is 7.30. The van der Waals surface area contributed by atoms with Crippen molar-refractivity contribution in [2.45, 2.75) is 57.0 Å². The number of nitrogens with one attached hydrogen (secondary N) is 2. The number of carboxylic acids is 1. The number of hydrogen-bond donors (Lipinski definition) is 3. The monoisotopic (exact) mass is 299 g/mol. The molecule has 21 heavy (non-hydrogen) atoms. The van der Waals surface area contributed by atoms with E-state index in [1.54, 1.807) is 14.0 Å². The molecule has 1 saturated carbocycles. The molecule has 1 aliphatic carbocycles. The van der Waals surface area contributed by atoms with Gasteiger partial charge in [-0.2, -0.15) is 0 Å². The van der Waals surface area contributed by atoms with Gasteiger partial charge in [0.15, 0.2) is 0 Å². The van der Waals surface area contributed by atoms with Crippen molar-refractivity contribution in [2.75, 3.05) is 14.1 Å². The molecule has 1 unspecified atom stereocenters. The molecule has 0 spiro atoms. The second-order valence-electron chi connectivity index (χ2n) is 5.71. The van der Waals surface area contributed by atoms with E-state index in [0.29, 0.717) is 0 Å². The van der Waals surface area contributed by atoms with Crippen molar-refractivity contribution >= 4 is 17.9 Å². The van der Waals surface area contributed by atoms with Gasteiger partial charge in [-0.25, -0.2) is 4.79 Å². The van der Waals surface area contributed by atoms with Crippen LogP contribution in [0.3, 0.4) is 0 Å². The number of amides is 3. The lowest BCUT2D eigenvalue weighted by atomic mass is 9.77. The second-order valence-corrected chi connectivity index (χ2v) is 5.71. The van der Waals surface area contributed by atoms with Gasteiger partial charge in [0.1, 0.15) is 0 Å². The van der Waals surface area contributed by atoms with Crippen molar-refractivity contribution in [3.8, 4) is 0 Å². The number of aliphatic carboxylic acids is 1. The molecule has 0 aromatic carbocycles. The molecular weight excluding hydrogens is 274 g/mol. The quantitative estimate of drug-likeness (QED) is 0.701. The molecule has 0 radical (unpaired) electrons. The van der Waals surface area contributed by atoms with Gasteiger partial charge in [0.2, 0.25) is 5.91 Å². The van der Waals surface area contributed by atoms with Gasteiger partial charge >= 0.3 is 12.0 Å². The molecule has 0 aromatic rings. The summed E-state index contributed by atoms with van der Waals surface area (Å²) < 4.78 is 0. The lowest BCUT2D eigenvalue weighted by molar-refractivity contribution is -0.143. The Kier molecular flexibility index (Phi) is 6.14. The van der Waals surface area contributed by atoms with E-state index in [1.165, 1.54) is 7.05 Å². The Morgan fingerprint density at radius 3 is 2.29 bits per heavy atom. The van der Waals surface area contributed by atoms with Crippen molar-refractivity contribution in [3.63, 3.8) is 0 Å². The van der Waals surface area contributed by atoms with Gasteiger partial charge in [-0.05, 0) is 26.8 Å². The number of nitrogens with zero attached hydrogens (tertiary/aromatic N) is 1. The van der Waals surface area contributed by atoms with E-state index in [-0.39, 0.29) is 6.42 Å². The molecule has 3 amide bonds. The molecule has 0 bridgehead atoms. The van der Waals surface area contributed by atoms with Crippen LogP contribution in [0.4, 0.5) is 4.79 Å². The topological polar surface area (TPSA) is 98.7 Å². The van der Waals surface area contributed by atoms with E-state index in [9.17, 15) is 19.5 Å². The first-order chi connectivity index (χ1) is 9.82. The van der Waals surface area contributed by atoms with E-state index >= 15 is 0 Å². The molecular formula is C14H25N3O4. The van der Waals surface area contributed by atoms with Crippen LogP contribution in [0.2, 0.25) is 0 Å². The van der Waals surface area contributed by atoms with Crippen LogP contribution in [0.15, 0.2) is 0 Å². The van der Waals surface area contributed by atoms with E-state index in [2.05, 4.69) is 10.6 Å². The average molecular weight is 299 g/mol. The van der Waals surface area contributed by atoms with Crippen LogP contribution in [-0.2, 0) is 9.59 Å². The predicted molar refractivity (Wildman–Crippen MR) is 77.9 cm³/mol. The predicted octanol–water partition coefficient (Wildman–Crippen LogP) is 0.940. The molecule has 1 fully saturated rings. The van der Waals surface area contributed by atoms with Gasteiger partial charge in [-0.15, -0.1) is 0 Å². The van der Waals surface area contributed by atoms with Gasteiger partial charge in [0.05, 0.1) is 12.5 Å². The molecule has 7 nitrogen and oxygen atoms in total. The van der Waals surface area contributed by atoms with Crippen LogP contribution >= 0.6 is 0 Å². The van der Waals surface area contributed by atoms with Crippen LogP contribution in [-0.4, -0.2) is 53.6 Å².